The van der Waals surface area contributed by atoms with Crippen molar-refractivity contribution in [2.45, 2.75) is 65.5 Å². The Bertz CT molecular complexity index is 1210. The van der Waals surface area contributed by atoms with Crippen molar-refractivity contribution in [1.82, 2.24) is 14.8 Å². The van der Waals surface area contributed by atoms with Gasteiger partial charge < -0.3 is 9.16 Å². The second kappa shape index (κ2) is 9.86. The van der Waals surface area contributed by atoms with Crippen LogP contribution in [-0.4, -0.2) is 35.7 Å². The van der Waals surface area contributed by atoms with Gasteiger partial charge in [-0.25, -0.2) is 14.5 Å². The third-order valence-electron chi connectivity index (χ3n) is 6.20. The van der Waals surface area contributed by atoms with Crippen molar-refractivity contribution in [3.63, 3.8) is 0 Å². The summed E-state index contributed by atoms with van der Waals surface area (Å²) >= 11 is 1.46. The van der Waals surface area contributed by atoms with Crippen molar-refractivity contribution in [3.8, 4) is 16.4 Å². The van der Waals surface area contributed by atoms with Crippen LogP contribution in [0.1, 0.15) is 54.9 Å². The lowest BCUT2D eigenvalue weighted by Crippen LogP contribution is -2.40. The number of pyridine rings is 1. The number of thiophene rings is 1. The Balaban J connectivity index is 2.03. The summed E-state index contributed by atoms with van der Waals surface area (Å²) in [5, 5.41) is 5.86. The van der Waals surface area contributed by atoms with E-state index in [1.165, 1.54) is 24.3 Å². The second-order valence-corrected chi connectivity index (χ2v) is 15.4. The van der Waals surface area contributed by atoms with E-state index < -0.39 is 31.7 Å². The second-order valence-electron chi connectivity index (χ2n) is 9.69. The van der Waals surface area contributed by atoms with Crippen molar-refractivity contribution in [1.29, 1.82) is 0 Å². The van der Waals surface area contributed by atoms with Gasteiger partial charge in [0.15, 0.2) is 19.8 Å². The van der Waals surface area contributed by atoms with Crippen LogP contribution >= 0.6 is 11.3 Å². The molecule has 6 nitrogen and oxygen atoms in total. The number of rotatable bonds is 7. The van der Waals surface area contributed by atoms with Gasteiger partial charge in [0.2, 0.25) is 0 Å². The standard InChI is InChI=1S/C24H30F3N3O3SSi/c1-8-32-22(31)16-12-28-30(21(16)24(25,26)27)19-11-9-10-18(29-19)20-17(15(2)14-34-20)13-33-35(6,7)23(3,4)5/h9-12,14H,8,13H2,1-7H3. The molecule has 0 fully saturated rings. The molecule has 0 aromatic carbocycles. The SMILES string of the molecule is CCOC(=O)c1cnn(-c2cccc(-c3scc(C)c3CO[Si](C)(C)C(C)(C)C)n2)c1C(F)(F)F. The first-order valence-corrected chi connectivity index (χ1v) is 15.0. The number of carbonyl (C=O) groups is 1. The maximum atomic E-state index is 13.9. The number of ether oxygens (including phenoxy) is 1. The molecule has 0 saturated heterocycles. The molecule has 0 unspecified atom stereocenters. The molecule has 0 bridgehead atoms. The van der Waals surface area contributed by atoms with E-state index in [0.717, 1.165) is 22.2 Å². The molecule has 3 aromatic rings. The fourth-order valence-electron chi connectivity index (χ4n) is 3.15. The molecule has 3 rings (SSSR count). The van der Waals surface area contributed by atoms with Gasteiger partial charge in [-0.2, -0.15) is 18.3 Å². The minimum absolute atomic E-state index is 0.0416. The maximum absolute atomic E-state index is 13.9. The molecule has 0 amide bonds. The van der Waals surface area contributed by atoms with Crippen molar-refractivity contribution in [2.75, 3.05) is 6.61 Å². The van der Waals surface area contributed by atoms with Gasteiger partial charge in [0.1, 0.15) is 5.56 Å². The monoisotopic (exact) mass is 525 g/mol. The first kappa shape index (κ1) is 27.1. The highest BCUT2D eigenvalue weighted by Gasteiger charge is 2.41. The van der Waals surface area contributed by atoms with E-state index in [2.05, 4.69) is 43.9 Å². The third kappa shape index (κ3) is 5.67. The smallest absolute Gasteiger partial charge is 0.434 e. The normalized spacial score (nSPS) is 12.7. The summed E-state index contributed by atoms with van der Waals surface area (Å²) < 4.78 is 53.6. The van der Waals surface area contributed by atoms with Gasteiger partial charge in [-0.1, -0.05) is 26.8 Å². The zero-order valence-electron chi connectivity index (χ0n) is 20.9. The molecule has 0 radical (unpaired) electrons. The summed E-state index contributed by atoms with van der Waals surface area (Å²) in [4.78, 5) is 17.4. The molecule has 0 atom stereocenters. The minimum atomic E-state index is -4.84. The van der Waals surface area contributed by atoms with Gasteiger partial charge >= 0.3 is 12.1 Å². The highest BCUT2D eigenvalue weighted by Crippen LogP contribution is 2.39. The van der Waals surface area contributed by atoms with Gasteiger partial charge in [0.05, 0.1) is 30.0 Å². The average Bonchev–Trinajstić information content (AvgIpc) is 3.36. The number of alkyl halides is 3. The molecule has 190 valence electrons. The Kier molecular flexibility index (Phi) is 7.63. The van der Waals surface area contributed by atoms with Gasteiger partial charge in [-0.15, -0.1) is 11.3 Å². The predicted octanol–water partition coefficient (Wildman–Crippen LogP) is 7.02. The van der Waals surface area contributed by atoms with Crippen molar-refractivity contribution >= 4 is 25.6 Å². The molecule has 3 aromatic heterocycles. The highest BCUT2D eigenvalue weighted by molar-refractivity contribution is 7.13. The fraction of sp³-hybridized carbons (Fsp3) is 0.458. The van der Waals surface area contributed by atoms with Crippen LogP contribution in [0, 0.1) is 6.92 Å². The molecule has 0 aliphatic heterocycles. The lowest BCUT2D eigenvalue weighted by atomic mass is 10.1. The largest absolute Gasteiger partial charge is 0.462 e. The van der Waals surface area contributed by atoms with Crippen molar-refractivity contribution < 1.29 is 27.1 Å². The van der Waals surface area contributed by atoms with Crippen LogP contribution in [0.5, 0.6) is 0 Å². The van der Waals surface area contributed by atoms with E-state index in [1.807, 2.05) is 12.3 Å². The van der Waals surface area contributed by atoms with Crippen LogP contribution in [-0.2, 0) is 21.9 Å². The number of halogens is 3. The molecular formula is C24H30F3N3O3SSi. The number of aromatic nitrogens is 3. The van der Waals surface area contributed by atoms with Crippen molar-refractivity contribution in [3.05, 3.63) is 52.2 Å². The summed E-state index contributed by atoms with van der Waals surface area (Å²) in [6.45, 7) is 14.7. The Morgan fingerprint density at radius 1 is 1.20 bits per heavy atom. The van der Waals surface area contributed by atoms with E-state index in [4.69, 9.17) is 9.16 Å². The van der Waals surface area contributed by atoms with E-state index in [0.29, 0.717) is 17.0 Å². The molecule has 0 aliphatic rings. The Hall–Kier alpha value is -2.50. The van der Waals surface area contributed by atoms with Crippen LogP contribution in [0.2, 0.25) is 18.1 Å². The van der Waals surface area contributed by atoms with Crippen LogP contribution in [0.25, 0.3) is 16.4 Å². The molecule has 0 saturated carbocycles. The molecule has 0 N–H and O–H groups in total. The number of esters is 1. The quantitative estimate of drug-likeness (QED) is 0.245. The summed E-state index contributed by atoms with van der Waals surface area (Å²) in [5.41, 5.74) is 0.644. The summed E-state index contributed by atoms with van der Waals surface area (Å²) in [6.07, 6.45) is -3.97. The number of hydrogen-bond acceptors (Lipinski definition) is 6. The predicted molar refractivity (Wildman–Crippen MR) is 132 cm³/mol. The van der Waals surface area contributed by atoms with E-state index in [-0.39, 0.29) is 17.5 Å². The van der Waals surface area contributed by atoms with Gasteiger partial charge in [0, 0.05) is 0 Å². The van der Waals surface area contributed by atoms with E-state index >= 15 is 0 Å². The topological polar surface area (TPSA) is 66.2 Å². The van der Waals surface area contributed by atoms with Gasteiger partial charge in [0.25, 0.3) is 0 Å². The summed E-state index contributed by atoms with van der Waals surface area (Å²) in [7, 11) is -2.01. The lowest BCUT2D eigenvalue weighted by Gasteiger charge is -2.36. The lowest BCUT2D eigenvalue weighted by molar-refractivity contribution is -0.143. The Morgan fingerprint density at radius 3 is 2.49 bits per heavy atom. The van der Waals surface area contributed by atoms with Gasteiger partial charge in [-0.05, 0) is 60.6 Å². The number of carbonyl (C=O) groups excluding carboxylic acids is 1. The first-order chi connectivity index (χ1) is 16.2. The zero-order valence-corrected chi connectivity index (χ0v) is 22.7. The minimum Gasteiger partial charge on any atom is -0.462 e. The maximum Gasteiger partial charge on any atom is 0.434 e. The molecule has 11 heteroatoms. The first-order valence-electron chi connectivity index (χ1n) is 11.2. The van der Waals surface area contributed by atoms with E-state index in [1.54, 1.807) is 12.1 Å². The van der Waals surface area contributed by atoms with E-state index in [9.17, 15) is 18.0 Å². The van der Waals surface area contributed by atoms with Crippen LogP contribution in [0.4, 0.5) is 13.2 Å². The number of nitrogens with zero attached hydrogens (tertiary/aromatic N) is 3. The van der Waals surface area contributed by atoms with Crippen LogP contribution in [0.15, 0.2) is 29.8 Å². The molecule has 0 aliphatic carbocycles. The summed E-state index contributed by atoms with van der Waals surface area (Å²) in [5.74, 6) is -1.13. The third-order valence-corrected chi connectivity index (χ3v) is 11.8. The molecule has 3 heterocycles. The average molecular weight is 526 g/mol. The number of aryl methyl sites for hydroxylation is 1. The molecule has 35 heavy (non-hydrogen) atoms. The fourth-order valence-corrected chi connectivity index (χ4v) is 5.12. The van der Waals surface area contributed by atoms with Gasteiger partial charge in [-0.3, -0.25) is 0 Å². The van der Waals surface area contributed by atoms with Crippen molar-refractivity contribution in [2.24, 2.45) is 0 Å². The zero-order chi connectivity index (χ0) is 26.2. The molecule has 0 spiro atoms. The highest BCUT2D eigenvalue weighted by atomic mass is 32.1. The Morgan fingerprint density at radius 2 is 1.89 bits per heavy atom. The Labute approximate surface area is 208 Å². The van der Waals surface area contributed by atoms with Crippen LogP contribution in [0.3, 0.4) is 0 Å². The molecular weight excluding hydrogens is 495 g/mol. The number of hydrogen-bond donors (Lipinski definition) is 0. The summed E-state index contributed by atoms with van der Waals surface area (Å²) in [6, 6.07) is 4.79. The van der Waals surface area contributed by atoms with Crippen LogP contribution < -0.4 is 0 Å².